The number of nitrogens with one attached hydrogen (secondary N) is 3. The number of carbonyl (C=O) groups is 1. The van der Waals surface area contributed by atoms with Crippen molar-refractivity contribution in [3.05, 3.63) is 23.3 Å². The van der Waals surface area contributed by atoms with Crippen LogP contribution in [-0.2, 0) is 9.53 Å². The predicted molar refractivity (Wildman–Crippen MR) is 140 cm³/mol. The van der Waals surface area contributed by atoms with Crippen molar-refractivity contribution < 1.29 is 9.53 Å². The van der Waals surface area contributed by atoms with E-state index in [1.165, 1.54) is 42.7 Å². The number of terminal acetylenes is 1. The second-order valence-corrected chi connectivity index (χ2v) is 9.15. The van der Waals surface area contributed by atoms with Gasteiger partial charge in [0.1, 0.15) is 0 Å². The Bertz CT molecular complexity index is 1100. The van der Waals surface area contributed by atoms with Crippen molar-refractivity contribution in [1.29, 1.82) is 0 Å². The topological polar surface area (TPSA) is 137 Å². The SMILES string of the molecule is C#C.O=CNc1nccs1.c1c(Nc2nc(N3CCCC3)nc(N3CCOCC3)n2)n[nH]c1C1CC1. The number of aromatic nitrogens is 6. The Hall–Kier alpha value is -3.76. The van der Waals surface area contributed by atoms with E-state index in [0.29, 0.717) is 42.6 Å². The zero-order valence-electron chi connectivity index (χ0n) is 20.0. The molecule has 2 saturated heterocycles. The molecule has 0 bridgehead atoms. The Morgan fingerprint density at radius 3 is 2.36 bits per heavy atom. The molecule has 3 aromatic heterocycles. The van der Waals surface area contributed by atoms with Crippen LogP contribution < -0.4 is 20.4 Å². The van der Waals surface area contributed by atoms with Crippen LogP contribution in [0.5, 0.6) is 0 Å². The normalized spacial score (nSPS) is 16.8. The molecule has 0 unspecified atom stereocenters. The Balaban J connectivity index is 0.000000259. The molecule has 0 aromatic carbocycles. The van der Waals surface area contributed by atoms with Gasteiger partial charge in [-0.05, 0) is 25.7 Å². The maximum atomic E-state index is 9.73. The Kier molecular flexibility index (Phi) is 9.01. The molecule has 0 spiro atoms. The lowest BCUT2D eigenvalue weighted by atomic mass is 10.3. The Labute approximate surface area is 213 Å². The van der Waals surface area contributed by atoms with Gasteiger partial charge in [-0.2, -0.15) is 20.1 Å². The highest BCUT2D eigenvalue weighted by Crippen LogP contribution is 2.39. The van der Waals surface area contributed by atoms with E-state index in [-0.39, 0.29) is 0 Å². The minimum Gasteiger partial charge on any atom is -0.378 e. The number of aromatic amines is 1. The smallest absolute Gasteiger partial charge is 0.235 e. The second-order valence-electron chi connectivity index (χ2n) is 8.26. The highest BCUT2D eigenvalue weighted by molar-refractivity contribution is 7.13. The lowest BCUT2D eigenvalue weighted by molar-refractivity contribution is -0.105. The molecule has 6 rings (SSSR count). The van der Waals surface area contributed by atoms with Crippen molar-refractivity contribution >= 4 is 46.5 Å². The number of nitrogens with zero attached hydrogens (tertiary/aromatic N) is 7. The average Bonchev–Trinajstić information content (AvgIpc) is 3.30. The summed E-state index contributed by atoms with van der Waals surface area (Å²) in [5, 5.41) is 15.6. The molecule has 13 heteroatoms. The molecule has 190 valence electrons. The van der Waals surface area contributed by atoms with Crippen LogP contribution in [0.2, 0.25) is 0 Å². The highest BCUT2D eigenvalue weighted by Gasteiger charge is 2.26. The minimum atomic E-state index is 0.553. The molecule has 1 saturated carbocycles. The number of hydrogen-bond acceptors (Lipinski definition) is 11. The van der Waals surface area contributed by atoms with Crippen LogP contribution >= 0.6 is 11.3 Å². The molecular formula is C23H30N10O2S. The van der Waals surface area contributed by atoms with Gasteiger partial charge in [-0.15, -0.1) is 24.2 Å². The molecule has 3 aliphatic rings. The van der Waals surface area contributed by atoms with E-state index in [4.69, 9.17) is 9.72 Å². The van der Waals surface area contributed by atoms with Gasteiger partial charge in [-0.3, -0.25) is 9.89 Å². The summed E-state index contributed by atoms with van der Waals surface area (Å²) < 4.78 is 5.46. The quantitative estimate of drug-likeness (QED) is 0.321. The molecule has 1 amide bonds. The lowest BCUT2D eigenvalue weighted by Crippen LogP contribution is -2.38. The zero-order valence-corrected chi connectivity index (χ0v) is 20.8. The molecule has 5 heterocycles. The summed E-state index contributed by atoms with van der Waals surface area (Å²) in [6.45, 7) is 5.02. The largest absolute Gasteiger partial charge is 0.378 e. The van der Waals surface area contributed by atoms with Crippen molar-refractivity contribution in [1.82, 2.24) is 30.1 Å². The van der Waals surface area contributed by atoms with Gasteiger partial charge in [0, 0.05) is 55.4 Å². The van der Waals surface area contributed by atoms with Gasteiger partial charge < -0.3 is 25.2 Å². The summed E-state index contributed by atoms with van der Waals surface area (Å²) in [7, 11) is 0. The first kappa shape index (κ1) is 25.3. The van der Waals surface area contributed by atoms with Crippen molar-refractivity contribution in [2.45, 2.75) is 31.6 Å². The molecule has 3 aromatic rings. The van der Waals surface area contributed by atoms with E-state index >= 15 is 0 Å². The van der Waals surface area contributed by atoms with E-state index in [1.807, 2.05) is 0 Å². The van der Waals surface area contributed by atoms with Gasteiger partial charge in [0.25, 0.3) is 0 Å². The van der Waals surface area contributed by atoms with Crippen LogP contribution in [-0.4, -0.2) is 75.9 Å². The van der Waals surface area contributed by atoms with E-state index in [0.717, 1.165) is 37.9 Å². The van der Waals surface area contributed by atoms with Crippen LogP contribution in [0.1, 0.15) is 37.3 Å². The van der Waals surface area contributed by atoms with Gasteiger partial charge in [0.2, 0.25) is 24.3 Å². The molecule has 0 atom stereocenters. The first-order valence-corrected chi connectivity index (χ1v) is 12.8. The number of H-pyrrole nitrogens is 1. The number of thiazole rings is 1. The van der Waals surface area contributed by atoms with Crippen molar-refractivity contribution in [3.8, 4) is 12.8 Å². The summed E-state index contributed by atoms with van der Waals surface area (Å²) in [4.78, 5) is 31.9. The number of carbonyl (C=O) groups excluding carboxylic acids is 1. The van der Waals surface area contributed by atoms with E-state index in [1.54, 1.807) is 11.6 Å². The van der Waals surface area contributed by atoms with E-state index in [9.17, 15) is 4.79 Å². The maximum Gasteiger partial charge on any atom is 0.235 e. The van der Waals surface area contributed by atoms with Crippen LogP contribution in [0.4, 0.5) is 28.8 Å². The minimum absolute atomic E-state index is 0.553. The maximum absolute atomic E-state index is 9.73. The molecule has 0 radical (unpaired) electrons. The van der Waals surface area contributed by atoms with Gasteiger partial charge in [-0.1, -0.05) is 0 Å². The number of anilines is 5. The first-order chi connectivity index (χ1) is 17.8. The van der Waals surface area contributed by atoms with Gasteiger partial charge in [0.15, 0.2) is 10.9 Å². The molecule has 12 nitrogen and oxygen atoms in total. The zero-order chi connectivity index (χ0) is 25.2. The fourth-order valence-electron chi connectivity index (χ4n) is 3.84. The van der Waals surface area contributed by atoms with Crippen molar-refractivity contribution in [3.63, 3.8) is 0 Å². The summed E-state index contributed by atoms with van der Waals surface area (Å²) in [5.41, 5.74) is 1.19. The molecule has 36 heavy (non-hydrogen) atoms. The van der Waals surface area contributed by atoms with Gasteiger partial charge in [0.05, 0.1) is 13.2 Å². The van der Waals surface area contributed by atoms with Crippen molar-refractivity contribution in [2.24, 2.45) is 0 Å². The average molecular weight is 511 g/mol. The third-order valence-electron chi connectivity index (χ3n) is 5.76. The predicted octanol–water partition coefficient (Wildman–Crippen LogP) is 2.61. The Morgan fingerprint density at radius 1 is 1.06 bits per heavy atom. The molecule has 2 aliphatic heterocycles. The summed E-state index contributed by atoms with van der Waals surface area (Å²) in [6.07, 6.45) is 15.1. The van der Waals surface area contributed by atoms with Gasteiger partial charge >= 0.3 is 0 Å². The monoisotopic (exact) mass is 510 g/mol. The van der Waals surface area contributed by atoms with Crippen LogP contribution in [0.15, 0.2) is 17.6 Å². The number of hydrogen-bond donors (Lipinski definition) is 3. The van der Waals surface area contributed by atoms with Crippen molar-refractivity contribution in [2.75, 3.05) is 59.8 Å². The van der Waals surface area contributed by atoms with E-state index < -0.39 is 0 Å². The van der Waals surface area contributed by atoms with E-state index in [2.05, 4.69) is 64.5 Å². The lowest BCUT2D eigenvalue weighted by Gasteiger charge is -2.27. The first-order valence-electron chi connectivity index (χ1n) is 11.9. The third kappa shape index (κ3) is 6.89. The number of rotatable bonds is 7. The van der Waals surface area contributed by atoms with Crippen LogP contribution in [0, 0.1) is 12.8 Å². The number of morpholine rings is 1. The van der Waals surface area contributed by atoms with Crippen LogP contribution in [0.3, 0.4) is 0 Å². The summed E-state index contributed by atoms with van der Waals surface area (Å²) >= 11 is 1.39. The third-order valence-corrected chi connectivity index (χ3v) is 6.47. The summed E-state index contributed by atoms with van der Waals surface area (Å²) in [6, 6.07) is 2.06. The number of amides is 1. The molecule has 3 N–H and O–H groups in total. The Morgan fingerprint density at radius 2 is 1.75 bits per heavy atom. The highest BCUT2D eigenvalue weighted by atomic mass is 32.1. The van der Waals surface area contributed by atoms with Crippen LogP contribution in [0.25, 0.3) is 0 Å². The fraction of sp³-hybridized carbons (Fsp3) is 0.478. The summed E-state index contributed by atoms with van der Waals surface area (Å²) in [5.74, 6) is 3.42. The molecular weight excluding hydrogens is 480 g/mol. The fourth-order valence-corrected chi connectivity index (χ4v) is 4.33. The number of ether oxygens (including phenoxy) is 1. The van der Waals surface area contributed by atoms with Gasteiger partial charge in [-0.25, -0.2) is 4.98 Å². The molecule has 1 aliphatic carbocycles. The molecule has 3 fully saturated rings. The second kappa shape index (κ2) is 12.8. The standard InChI is InChI=1S/C17H24N8O.C4H4N2OS.C2H2/c1-2-6-24(5-1)16-19-15(18-14-11-13(22-23-14)12-3-4-12)20-17(21-16)25-7-9-26-10-8-25;7-3-6-4-5-1-2-8-4;1-2/h11-12H,1-10H2,(H2,18,19,20,21,22,23);1-3H,(H,5,6,7);1-2H.